The molecule has 0 spiro atoms. The minimum absolute atomic E-state index is 0.159. The van der Waals surface area contributed by atoms with E-state index in [4.69, 9.17) is 11.6 Å². The van der Waals surface area contributed by atoms with Crippen LogP contribution in [0.15, 0.2) is 71.8 Å². The summed E-state index contributed by atoms with van der Waals surface area (Å²) in [5.74, 6) is -0.365. The quantitative estimate of drug-likeness (QED) is 0.646. The first-order chi connectivity index (χ1) is 13.8. The third kappa shape index (κ3) is 4.75. The number of carbonyl (C=O) groups excluding carboxylic acids is 1. The van der Waals surface area contributed by atoms with E-state index in [1.165, 1.54) is 19.2 Å². The summed E-state index contributed by atoms with van der Waals surface area (Å²) in [5, 5.41) is 2.91. The molecule has 3 rings (SSSR count). The Morgan fingerprint density at radius 1 is 1.10 bits per heavy atom. The third-order valence-corrected chi connectivity index (χ3v) is 6.51. The second kappa shape index (κ2) is 8.63. The Morgan fingerprint density at radius 3 is 2.45 bits per heavy atom. The van der Waals surface area contributed by atoms with E-state index in [-0.39, 0.29) is 27.9 Å². The number of hydrogen-bond acceptors (Lipinski definition) is 4. The molecular weight excluding hydrogens is 410 g/mol. The van der Waals surface area contributed by atoms with Crippen LogP contribution < -0.4 is 9.62 Å². The van der Waals surface area contributed by atoms with Crippen LogP contribution in [0.1, 0.15) is 21.6 Å². The average molecular weight is 430 g/mol. The van der Waals surface area contributed by atoms with Gasteiger partial charge in [-0.1, -0.05) is 35.4 Å². The van der Waals surface area contributed by atoms with Gasteiger partial charge >= 0.3 is 0 Å². The normalized spacial score (nSPS) is 11.1. The molecule has 1 heterocycles. The Balaban J connectivity index is 1.77. The zero-order chi connectivity index (χ0) is 21.0. The Labute approximate surface area is 175 Å². The van der Waals surface area contributed by atoms with E-state index in [0.717, 1.165) is 15.6 Å². The van der Waals surface area contributed by atoms with E-state index in [1.807, 2.05) is 13.0 Å². The van der Waals surface area contributed by atoms with Gasteiger partial charge in [0.1, 0.15) is 0 Å². The van der Waals surface area contributed by atoms with E-state index >= 15 is 0 Å². The SMILES string of the molecule is Cc1ccc(S(=O)(=O)N(C)c2ccc(C(=O)NCc3ccccn3)c(Cl)c2)cc1. The van der Waals surface area contributed by atoms with Crippen LogP contribution in [0.3, 0.4) is 0 Å². The fourth-order valence-corrected chi connectivity index (χ4v) is 4.11. The van der Waals surface area contributed by atoms with Crippen LogP contribution in [0.2, 0.25) is 5.02 Å². The van der Waals surface area contributed by atoms with Crippen LogP contribution in [0.25, 0.3) is 0 Å². The molecule has 0 atom stereocenters. The molecule has 150 valence electrons. The van der Waals surface area contributed by atoms with Gasteiger partial charge in [0.05, 0.1) is 33.4 Å². The number of nitrogens with zero attached hydrogens (tertiary/aromatic N) is 2. The molecule has 0 bridgehead atoms. The summed E-state index contributed by atoms with van der Waals surface area (Å²) in [7, 11) is -2.29. The van der Waals surface area contributed by atoms with Crippen molar-refractivity contribution in [2.24, 2.45) is 0 Å². The second-order valence-electron chi connectivity index (χ2n) is 6.45. The van der Waals surface area contributed by atoms with Crippen LogP contribution in [0, 0.1) is 6.92 Å². The van der Waals surface area contributed by atoms with Gasteiger partial charge < -0.3 is 5.32 Å². The number of carbonyl (C=O) groups is 1. The highest BCUT2D eigenvalue weighted by molar-refractivity contribution is 7.92. The average Bonchev–Trinajstić information content (AvgIpc) is 2.72. The molecule has 6 nitrogen and oxygen atoms in total. The molecule has 0 saturated heterocycles. The summed E-state index contributed by atoms with van der Waals surface area (Å²) >= 11 is 6.27. The molecule has 8 heteroatoms. The number of rotatable bonds is 6. The predicted octanol–water partition coefficient (Wildman–Crippen LogP) is 3.80. The van der Waals surface area contributed by atoms with E-state index in [9.17, 15) is 13.2 Å². The summed E-state index contributed by atoms with van der Waals surface area (Å²) < 4.78 is 26.8. The first kappa shape index (κ1) is 20.8. The number of halogens is 1. The van der Waals surface area contributed by atoms with Gasteiger partial charge in [0.15, 0.2) is 0 Å². The maximum atomic E-state index is 12.8. The van der Waals surface area contributed by atoms with E-state index in [2.05, 4.69) is 10.3 Å². The fourth-order valence-electron chi connectivity index (χ4n) is 2.66. The largest absolute Gasteiger partial charge is 0.346 e. The number of aryl methyl sites for hydroxylation is 1. The maximum absolute atomic E-state index is 12.8. The first-order valence-corrected chi connectivity index (χ1v) is 10.6. The summed E-state index contributed by atoms with van der Waals surface area (Å²) in [6.07, 6.45) is 1.65. The topological polar surface area (TPSA) is 79.4 Å². The van der Waals surface area contributed by atoms with Gasteiger partial charge in [0.25, 0.3) is 15.9 Å². The van der Waals surface area contributed by atoms with Gasteiger partial charge in [-0.05, 0) is 49.4 Å². The molecule has 2 aromatic carbocycles. The lowest BCUT2D eigenvalue weighted by Gasteiger charge is -2.20. The smallest absolute Gasteiger partial charge is 0.264 e. The van der Waals surface area contributed by atoms with Crippen molar-refractivity contribution in [1.29, 1.82) is 0 Å². The number of anilines is 1. The lowest BCUT2D eigenvalue weighted by Crippen LogP contribution is -2.27. The molecule has 0 saturated carbocycles. The van der Waals surface area contributed by atoms with Crippen LogP contribution in [-0.2, 0) is 16.6 Å². The van der Waals surface area contributed by atoms with Crippen molar-refractivity contribution in [3.05, 3.63) is 88.7 Å². The molecular formula is C21H20ClN3O3S. The predicted molar refractivity (Wildman–Crippen MR) is 114 cm³/mol. The highest BCUT2D eigenvalue weighted by Gasteiger charge is 2.22. The van der Waals surface area contributed by atoms with Gasteiger partial charge in [-0.15, -0.1) is 0 Å². The molecule has 0 radical (unpaired) electrons. The fraction of sp³-hybridized carbons (Fsp3) is 0.143. The molecule has 1 aromatic heterocycles. The third-order valence-electron chi connectivity index (χ3n) is 4.40. The van der Waals surface area contributed by atoms with Gasteiger partial charge in [0, 0.05) is 13.2 Å². The van der Waals surface area contributed by atoms with Gasteiger partial charge in [-0.25, -0.2) is 8.42 Å². The Bertz CT molecular complexity index is 1120. The molecule has 29 heavy (non-hydrogen) atoms. The molecule has 0 unspecified atom stereocenters. The van der Waals surface area contributed by atoms with Crippen molar-refractivity contribution < 1.29 is 13.2 Å². The number of nitrogens with one attached hydrogen (secondary N) is 1. The van der Waals surface area contributed by atoms with Crippen LogP contribution in [0.4, 0.5) is 5.69 Å². The molecule has 0 fully saturated rings. The number of amides is 1. The monoisotopic (exact) mass is 429 g/mol. The van der Waals surface area contributed by atoms with E-state index in [1.54, 1.807) is 48.7 Å². The van der Waals surface area contributed by atoms with Crippen molar-refractivity contribution in [2.45, 2.75) is 18.4 Å². The van der Waals surface area contributed by atoms with E-state index in [0.29, 0.717) is 5.69 Å². The summed E-state index contributed by atoms with van der Waals surface area (Å²) in [5.41, 5.74) is 2.30. The second-order valence-corrected chi connectivity index (χ2v) is 8.83. The van der Waals surface area contributed by atoms with E-state index < -0.39 is 10.0 Å². The number of aromatic nitrogens is 1. The molecule has 0 aliphatic heterocycles. The molecule has 1 N–H and O–H groups in total. The maximum Gasteiger partial charge on any atom is 0.264 e. The summed E-state index contributed by atoms with van der Waals surface area (Å²) in [6.45, 7) is 2.15. The first-order valence-electron chi connectivity index (χ1n) is 8.82. The van der Waals surface area contributed by atoms with Crippen molar-refractivity contribution in [3.63, 3.8) is 0 Å². The zero-order valence-corrected chi connectivity index (χ0v) is 17.5. The lowest BCUT2D eigenvalue weighted by atomic mass is 10.2. The van der Waals surface area contributed by atoms with Crippen LogP contribution in [0.5, 0.6) is 0 Å². The minimum Gasteiger partial charge on any atom is -0.346 e. The molecule has 0 aliphatic rings. The Hall–Kier alpha value is -2.90. The summed E-state index contributed by atoms with van der Waals surface area (Å²) in [6, 6.07) is 16.5. The van der Waals surface area contributed by atoms with Crippen molar-refractivity contribution in [1.82, 2.24) is 10.3 Å². The van der Waals surface area contributed by atoms with Gasteiger partial charge in [0.2, 0.25) is 0 Å². The zero-order valence-electron chi connectivity index (χ0n) is 16.0. The Kier molecular flexibility index (Phi) is 6.20. The summed E-state index contributed by atoms with van der Waals surface area (Å²) in [4.78, 5) is 16.7. The highest BCUT2D eigenvalue weighted by atomic mass is 35.5. The van der Waals surface area contributed by atoms with Crippen molar-refractivity contribution in [3.8, 4) is 0 Å². The molecule has 1 amide bonds. The van der Waals surface area contributed by atoms with Crippen LogP contribution in [-0.4, -0.2) is 26.4 Å². The number of hydrogen-bond donors (Lipinski definition) is 1. The highest BCUT2D eigenvalue weighted by Crippen LogP contribution is 2.27. The minimum atomic E-state index is -3.74. The van der Waals surface area contributed by atoms with Gasteiger partial charge in [-0.2, -0.15) is 0 Å². The van der Waals surface area contributed by atoms with Gasteiger partial charge in [-0.3, -0.25) is 14.1 Å². The standard InChI is InChI=1S/C21H20ClN3O3S/c1-15-6-9-18(10-7-15)29(27,28)25(2)17-8-11-19(20(22)13-17)21(26)24-14-16-5-3-4-12-23-16/h3-13H,14H2,1-2H3,(H,24,26). The van der Waals surface area contributed by atoms with Crippen molar-refractivity contribution >= 4 is 33.2 Å². The van der Waals surface area contributed by atoms with Crippen molar-refractivity contribution in [2.75, 3.05) is 11.4 Å². The number of pyridine rings is 1. The molecule has 3 aromatic rings. The number of benzene rings is 2. The Morgan fingerprint density at radius 2 is 1.83 bits per heavy atom. The number of sulfonamides is 1. The lowest BCUT2D eigenvalue weighted by molar-refractivity contribution is 0.0950. The van der Waals surface area contributed by atoms with Crippen LogP contribution >= 0.6 is 11.6 Å². The molecule has 0 aliphatic carbocycles.